The fourth-order valence-corrected chi connectivity index (χ4v) is 13.1. The van der Waals surface area contributed by atoms with Crippen LogP contribution in [-0.4, -0.2) is 46.5 Å². The van der Waals surface area contributed by atoms with Crippen molar-refractivity contribution < 1.29 is 23.1 Å². The van der Waals surface area contributed by atoms with E-state index in [1.807, 2.05) is 0 Å². The molecule has 0 aliphatic rings. The van der Waals surface area contributed by atoms with Gasteiger partial charge in [-0.1, -0.05) is 107 Å². The molecule has 0 aliphatic carbocycles. The van der Waals surface area contributed by atoms with E-state index in [-0.39, 0.29) is 21.7 Å². The standard InChI is InChI=1S/C44H62O5Si2/c1-41(2,3)29-17-33(45-13)25-37(21-29)50(38-22-30(42(4,5)6)18-34(26-38)46-14)49-51(39-23-31(43(7,8)9)19-35(27-39)47-15)40-24-32(44(10,11)12)20-36(28-40)48-16/h17-28,50-51H,1-16H3. The Bertz CT molecular complexity index is 1560. The zero-order valence-electron chi connectivity index (χ0n) is 34.1. The Labute approximate surface area is 312 Å². The summed E-state index contributed by atoms with van der Waals surface area (Å²) in [6.45, 7) is 27.0. The number of rotatable bonds is 10. The molecular formula is C44H62O5Si2. The molecule has 4 aromatic carbocycles. The van der Waals surface area contributed by atoms with Gasteiger partial charge in [0.1, 0.15) is 23.0 Å². The van der Waals surface area contributed by atoms with Crippen LogP contribution in [0.4, 0.5) is 0 Å². The third kappa shape index (κ3) is 9.88. The van der Waals surface area contributed by atoms with Gasteiger partial charge in [0.2, 0.25) is 18.1 Å². The van der Waals surface area contributed by atoms with Gasteiger partial charge in [-0.25, -0.2) is 0 Å². The topological polar surface area (TPSA) is 46.2 Å². The summed E-state index contributed by atoms with van der Waals surface area (Å²) in [5, 5.41) is 4.68. The molecule has 0 aromatic heterocycles. The molecule has 276 valence electrons. The molecule has 0 bridgehead atoms. The van der Waals surface area contributed by atoms with Crippen LogP contribution in [0.5, 0.6) is 23.0 Å². The van der Waals surface area contributed by atoms with Gasteiger partial charge in [-0.2, -0.15) is 0 Å². The van der Waals surface area contributed by atoms with Crippen LogP contribution in [-0.2, 0) is 25.8 Å². The Morgan fingerprint density at radius 1 is 0.314 bits per heavy atom. The Kier molecular flexibility index (Phi) is 12.0. The van der Waals surface area contributed by atoms with E-state index < -0.39 is 18.1 Å². The van der Waals surface area contributed by atoms with E-state index in [9.17, 15) is 0 Å². The molecule has 0 fully saturated rings. The number of ether oxygens (including phenoxy) is 4. The molecule has 0 atom stereocenters. The zero-order valence-corrected chi connectivity index (χ0v) is 36.4. The van der Waals surface area contributed by atoms with Crippen LogP contribution in [0.2, 0.25) is 0 Å². The molecule has 4 aromatic rings. The minimum Gasteiger partial charge on any atom is -0.497 e. The fraction of sp³-hybridized carbons (Fsp3) is 0.455. The molecular weight excluding hydrogens is 665 g/mol. The number of hydrogen-bond acceptors (Lipinski definition) is 5. The second-order valence-electron chi connectivity index (χ2n) is 17.9. The lowest BCUT2D eigenvalue weighted by Gasteiger charge is -2.31. The Hall–Kier alpha value is -3.53. The van der Waals surface area contributed by atoms with E-state index in [1.54, 1.807) is 28.4 Å². The molecule has 51 heavy (non-hydrogen) atoms. The summed E-state index contributed by atoms with van der Waals surface area (Å²) in [5.41, 5.74) is 4.48. The smallest absolute Gasteiger partial charge is 0.229 e. The van der Waals surface area contributed by atoms with Crippen LogP contribution in [0.25, 0.3) is 0 Å². The maximum Gasteiger partial charge on any atom is 0.229 e. The molecule has 0 spiro atoms. The summed E-state index contributed by atoms with van der Waals surface area (Å²) >= 11 is 0. The lowest BCUT2D eigenvalue weighted by atomic mass is 9.87. The highest BCUT2D eigenvalue weighted by Gasteiger charge is 2.32. The maximum atomic E-state index is 7.92. The highest BCUT2D eigenvalue weighted by molar-refractivity contribution is 6.92. The van der Waals surface area contributed by atoms with Crippen molar-refractivity contribution >= 4 is 38.8 Å². The third-order valence-corrected chi connectivity index (χ3v) is 15.5. The predicted molar refractivity (Wildman–Crippen MR) is 221 cm³/mol. The molecule has 0 saturated heterocycles. The molecule has 0 aliphatic heterocycles. The first-order valence-corrected chi connectivity index (χ1v) is 21.3. The predicted octanol–water partition coefficient (Wildman–Crippen LogP) is 7.30. The van der Waals surface area contributed by atoms with Crippen molar-refractivity contribution in [1.82, 2.24) is 0 Å². The highest BCUT2D eigenvalue weighted by Crippen LogP contribution is 2.30. The molecule has 0 radical (unpaired) electrons. The fourth-order valence-electron chi connectivity index (χ4n) is 6.13. The molecule has 4 rings (SSSR count). The van der Waals surface area contributed by atoms with E-state index in [2.05, 4.69) is 156 Å². The van der Waals surface area contributed by atoms with Crippen molar-refractivity contribution in [2.75, 3.05) is 28.4 Å². The van der Waals surface area contributed by atoms with Crippen LogP contribution in [0, 0.1) is 0 Å². The van der Waals surface area contributed by atoms with Gasteiger partial charge in [-0.15, -0.1) is 0 Å². The summed E-state index contributed by atoms with van der Waals surface area (Å²) in [6.07, 6.45) is 0. The summed E-state index contributed by atoms with van der Waals surface area (Å²) < 4.78 is 31.8. The van der Waals surface area contributed by atoms with Crippen LogP contribution in [0.1, 0.15) is 105 Å². The first-order chi connectivity index (χ1) is 23.6. The quantitative estimate of drug-likeness (QED) is 0.161. The molecule has 0 amide bonds. The first-order valence-electron chi connectivity index (χ1n) is 18.0. The normalized spacial score (nSPS) is 12.7. The zero-order chi connectivity index (χ0) is 38.1. The number of benzene rings is 4. The van der Waals surface area contributed by atoms with Gasteiger partial charge in [0.15, 0.2) is 0 Å². The molecule has 0 heterocycles. The third-order valence-electron chi connectivity index (χ3n) is 9.61. The van der Waals surface area contributed by atoms with Gasteiger partial charge in [-0.3, -0.25) is 0 Å². The van der Waals surface area contributed by atoms with Gasteiger partial charge < -0.3 is 23.1 Å². The van der Waals surface area contributed by atoms with Crippen molar-refractivity contribution in [1.29, 1.82) is 0 Å². The van der Waals surface area contributed by atoms with Crippen molar-refractivity contribution in [2.45, 2.75) is 105 Å². The van der Waals surface area contributed by atoms with Gasteiger partial charge in [-0.05, 0) is 113 Å². The average Bonchev–Trinajstić information content (AvgIpc) is 3.06. The number of hydrogen-bond donors (Lipinski definition) is 0. The second kappa shape index (κ2) is 15.2. The van der Waals surface area contributed by atoms with Crippen molar-refractivity contribution in [2.24, 2.45) is 0 Å². The summed E-state index contributed by atoms with van der Waals surface area (Å²) in [6, 6.07) is 26.8. The minimum absolute atomic E-state index is 0.0904. The van der Waals surface area contributed by atoms with E-state index in [1.165, 1.54) is 43.0 Å². The van der Waals surface area contributed by atoms with E-state index >= 15 is 0 Å². The second-order valence-corrected chi connectivity index (χ2v) is 23.2. The van der Waals surface area contributed by atoms with Gasteiger partial charge in [0, 0.05) is 0 Å². The minimum atomic E-state index is -2.48. The summed E-state index contributed by atoms with van der Waals surface area (Å²) in [5.74, 6) is 3.35. The first kappa shape index (κ1) is 40.2. The van der Waals surface area contributed by atoms with Crippen molar-refractivity contribution in [3.63, 3.8) is 0 Å². The van der Waals surface area contributed by atoms with Crippen LogP contribution in [0.3, 0.4) is 0 Å². The van der Waals surface area contributed by atoms with Crippen LogP contribution in [0.15, 0.2) is 72.8 Å². The maximum absolute atomic E-state index is 7.92. The molecule has 0 N–H and O–H groups in total. The SMILES string of the molecule is COc1cc([SiH](O[SiH](c2cc(OC)cc(C(C)(C)C)c2)c2cc(OC)cc(C(C)(C)C)c2)c2cc(OC)cc(C(C)(C)C)c2)cc(C(C)(C)C)c1. The van der Waals surface area contributed by atoms with Gasteiger partial charge in [0.25, 0.3) is 0 Å². The van der Waals surface area contributed by atoms with Crippen molar-refractivity contribution in [3.8, 4) is 23.0 Å². The van der Waals surface area contributed by atoms with Crippen LogP contribution < -0.4 is 39.7 Å². The molecule has 7 heteroatoms. The summed E-state index contributed by atoms with van der Waals surface area (Å²) in [7, 11) is 2.04. The van der Waals surface area contributed by atoms with Gasteiger partial charge >= 0.3 is 0 Å². The van der Waals surface area contributed by atoms with Crippen molar-refractivity contribution in [3.05, 3.63) is 95.1 Å². The lowest BCUT2D eigenvalue weighted by molar-refractivity contribution is 0.412. The monoisotopic (exact) mass is 726 g/mol. The highest BCUT2D eigenvalue weighted by atomic mass is 28.4. The van der Waals surface area contributed by atoms with Crippen LogP contribution >= 0.6 is 0 Å². The molecule has 0 unspecified atom stereocenters. The summed E-state index contributed by atoms with van der Waals surface area (Å²) in [4.78, 5) is 0. The Morgan fingerprint density at radius 3 is 0.667 bits per heavy atom. The Balaban J connectivity index is 2.14. The number of methoxy groups -OCH3 is 4. The van der Waals surface area contributed by atoms with E-state index in [0.717, 1.165) is 23.0 Å². The molecule has 5 nitrogen and oxygen atoms in total. The van der Waals surface area contributed by atoms with E-state index in [0.29, 0.717) is 0 Å². The Morgan fingerprint density at radius 2 is 0.510 bits per heavy atom. The lowest BCUT2D eigenvalue weighted by Crippen LogP contribution is -2.56. The van der Waals surface area contributed by atoms with Gasteiger partial charge in [0.05, 0.1) is 28.4 Å². The largest absolute Gasteiger partial charge is 0.497 e. The van der Waals surface area contributed by atoms with E-state index in [4.69, 9.17) is 23.1 Å². The molecule has 0 saturated carbocycles. The average molecular weight is 727 g/mol.